The van der Waals surface area contributed by atoms with Crippen LogP contribution in [0.25, 0.3) is 11.1 Å². The van der Waals surface area contributed by atoms with Gasteiger partial charge >= 0.3 is 0 Å². The SMILES string of the molecule is CC[C@H](Oc1ccccc1)C(=O)Nc1ccc(-c2ccc(NC(=O)[C@H](CC)Oc3ccccc3)cc2)cc1. The summed E-state index contributed by atoms with van der Waals surface area (Å²) in [4.78, 5) is 25.4. The molecule has 4 aromatic rings. The largest absolute Gasteiger partial charge is 0.481 e. The van der Waals surface area contributed by atoms with Crippen LogP contribution in [0.1, 0.15) is 26.7 Å². The van der Waals surface area contributed by atoms with Gasteiger partial charge in [0.25, 0.3) is 11.8 Å². The molecule has 0 bridgehead atoms. The molecular formula is C32H32N2O4. The average Bonchev–Trinajstić information content (AvgIpc) is 2.96. The number of para-hydroxylation sites is 2. The smallest absolute Gasteiger partial charge is 0.265 e. The van der Waals surface area contributed by atoms with Crippen LogP contribution in [0.2, 0.25) is 0 Å². The maximum Gasteiger partial charge on any atom is 0.265 e. The first-order valence-corrected chi connectivity index (χ1v) is 12.8. The molecule has 2 amide bonds. The van der Waals surface area contributed by atoms with Gasteiger partial charge in [-0.2, -0.15) is 0 Å². The Labute approximate surface area is 223 Å². The molecule has 6 heteroatoms. The van der Waals surface area contributed by atoms with Gasteiger partial charge in [0.1, 0.15) is 11.5 Å². The first-order chi connectivity index (χ1) is 18.6. The number of carbonyl (C=O) groups excluding carboxylic acids is 2. The molecule has 0 spiro atoms. The molecule has 0 saturated carbocycles. The van der Waals surface area contributed by atoms with E-state index in [0.29, 0.717) is 35.7 Å². The summed E-state index contributed by atoms with van der Waals surface area (Å²) < 4.78 is 11.7. The fourth-order valence-electron chi connectivity index (χ4n) is 3.91. The molecule has 4 aromatic carbocycles. The lowest BCUT2D eigenvalue weighted by Crippen LogP contribution is -2.32. The van der Waals surface area contributed by atoms with Crippen LogP contribution in [0.4, 0.5) is 11.4 Å². The molecule has 0 aliphatic carbocycles. The van der Waals surface area contributed by atoms with Crippen molar-refractivity contribution in [2.24, 2.45) is 0 Å². The van der Waals surface area contributed by atoms with Gasteiger partial charge in [0.2, 0.25) is 0 Å². The second-order valence-corrected chi connectivity index (χ2v) is 8.79. The van der Waals surface area contributed by atoms with E-state index >= 15 is 0 Å². The Kier molecular flexibility index (Phi) is 9.13. The van der Waals surface area contributed by atoms with Crippen molar-refractivity contribution >= 4 is 23.2 Å². The Morgan fingerprint density at radius 3 is 1.21 bits per heavy atom. The molecule has 6 nitrogen and oxygen atoms in total. The summed E-state index contributed by atoms with van der Waals surface area (Å²) in [5.41, 5.74) is 3.38. The zero-order chi connectivity index (χ0) is 26.7. The first-order valence-electron chi connectivity index (χ1n) is 12.8. The number of carbonyl (C=O) groups is 2. The molecule has 0 unspecified atom stereocenters. The van der Waals surface area contributed by atoms with Crippen molar-refractivity contribution in [1.82, 2.24) is 0 Å². The number of hydrogen-bond donors (Lipinski definition) is 2. The molecule has 38 heavy (non-hydrogen) atoms. The van der Waals surface area contributed by atoms with Crippen LogP contribution in [-0.2, 0) is 9.59 Å². The van der Waals surface area contributed by atoms with Gasteiger partial charge in [0.15, 0.2) is 12.2 Å². The minimum Gasteiger partial charge on any atom is -0.481 e. The third kappa shape index (κ3) is 7.23. The normalized spacial score (nSPS) is 12.2. The van der Waals surface area contributed by atoms with Crippen molar-refractivity contribution in [3.8, 4) is 22.6 Å². The minimum absolute atomic E-state index is 0.189. The van der Waals surface area contributed by atoms with Crippen molar-refractivity contribution in [3.63, 3.8) is 0 Å². The van der Waals surface area contributed by atoms with E-state index in [2.05, 4.69) is 10.6 Å². The fraction of sp³-hybridized carbons (Fsp3) is 0.188. The van der Waals surface area contributed by atoms with E-state index in [1.165, 1.54) is 0 Å². The number of hydrogen-bond acceptors (Lipinski definition) is 4. The van der Waals surface area contributed by atoms with E-state index < -0.39 is 12.2 Å². The minimum atomic E-state index is -0.578. The summed E-state index contributed by atoms with van der Waals surface area (Å²) in [5, 5.41) is 5.87. The molecule has 2 N–H and O–H groups in total. The van der Waals surface area contributed by atoms with Gasteiger partial charge < -0.3 is 20.1 Å². The molecule has 0 fully saturated rings. The maximum atomic E-state index is 12.7. The zero-order valence-electron chi connectivity index (χ0n) is 21.6. The topological polar surface area (TPSA) is 76.7 Å². The van der Waals surface area contributed by atoms with Crippen LogP contribution in [0, 0.1) is 0 Å². The summed E-state index contributed by atoms with van der Waals surface area (Å²) in [6.07, 6.45) is -0.0477. The van der Waals surface area contributed by atoms with Gasteiger partial charge in [-0.25, -0.2) is 0 Å². The molecule has 0 radical (unpaired) electrons. The standard InChI is InChI=1S/C32H32N2O4/c1-3-29(37-27-11-7-5-8-12-27)31(35)33-25-19-15-23(16-20-25)24-17-21-26(22-18-24)34-32(36)30(4-2)38-28-13-9-6-10-14-28/h5-22,29-30H,3-4H2,1-2H3,(H,33,35)(H,34,36)/t29-,30-/m0/s1. The maximum absolute atomic E-state index is 12.7. The number of amides is 2. The summed E-state index contributed by atoms with van der Waals surface area (Å²) in [7, 11) is 0. The van der Waals surface area contributed by atoms with Crippen LogP contribution in [0.15, 0.2) is 109 Å². The molecule has 2 atom stereocenters. The van der Waals surface area contributed by atoms with Crippen LogP contribution < -0.4 is 20.1 Å². The van der Waals surface area contributed by atoms with Crippen molar-refractivity contribution in [2.75, 3.05) is 10.6 Å². The molecule has 194 valence electrons. The van der Waals surface area contributed by atoms with E-state index in [0.717, 1.165) is 11.1 Å². The number of ether oxygens (including phenoxy) is 2. The van der Waals surface area contributed by atoms with Crippen LogP contribution >= 0.6 is 0 Å². The summed E-state index contributed by atoms with van der Waals surface area (Å²) >= 11 is 0. The van der Waals surface area contributed by atoms with Gasteiger partial charge in [-0.3, -0.25) is 9.59 Å². The van der Waals surface area contributed by atoms with Gasteiger partial charge in [-0.05, 0) is 72.5 Å². The summed E-state index contributed by atoms with van der Waals surface area (Å²) in [5.74, 6) is 0.952. The lowest BCUT2D eigenvalue weighted by molar-refractivity contribution is -0.123. The van der Waals surface area contributed by atoms with E-state index in [1.54, 1.807) is 0 Å². The molecule has 0 aliphatic rings. The average molecular weight is 509 g/mol. The highest BCUT2D eigenvalue weighted by atomic mass is 16.5. The van der Waals surface area contributed by atoms with E-state index in [4.69, 9.17) is 9.47 Å². The quantitative estimate of drug-likeness (QED) is 0.230. The van der Waals surface area contributed by atoms with Gasteiger partial charge in [0.05, 0.1) is 0 Å². The monoisotopic (exact) mass is 508 g/mol. The van der Waals surface area contributed by atoms with Gasteiger partial charge in [-0.1, -0.05) is 74.5 Å². The highest BCUT2D eigenvalue weighted by Crippen LogP contribution is 2.24. The third-order valence-electron chi connectivity index (χ3n) is 6.01. The van der Waals surface area contributed by atoms with Crippen molar-refractivity contribution in [1.29, 1.82) is 0 Å². The Morgan fingerprint density at radius 1 is 0.553 bits per heavy atom. The predicted molar refractivity (Wildman–Crippen MR) is 151 cm³/mol. The molecule has 0 heterocycles. The number of nitrogens with one attached hydrogen (secondary N) is 2. The Morgan fingerprint density at radius 2 is 0.895 bits per heavy atom. The molecule has 0 saturated heterocycles. The van der Waals surface area contributed by atoms with Crippen molar-refractivity contribution in [2.45, 2.75) is 38.9 Å². The first kappa shape index (κ1) is 26.5. The van der Waals surface area contributed by atoms with Gasteiger partial charge in [-0.15, -0.1) is 0 Å². The van der Waals surface area contributed by atoms with Gasteiger partial charge in [0, 0.05) is 11.4 Å². The lowest BCUT2D eigenvalue weighted by Gasteiger charge is -2.17. The number of anilines is 2. The Balaban J connectivity index is 1.33. The van der Waals surface area contributed by atoms with E-state index in [-0.39, 0.29) is 11.8 Å². The van der Waals surface area contributed by atoms with Crippen LogP contribution in [-0.4, -0.2) is 24.0 Å². The lowest BCUT2D eigenvalue weighted by atomic mass is 10.0. The van der Waals surface area contributed by atoms with Crippen molar-refractivity contribution < 1.29 is 19.1 Å². The predicted octanol–water partition coefficient (Wildman–Crippen LogP) is 6.95. The Hall–Kier alpha value is -4.58. The molecular weight excluding hydrogens is 476 g/mol. The fourth-order valence-corrected chi connectivity index (χ4v) is 3.91. The van der Waals surface area contributed by atoms with E-state index in [1.807, 2.05) is 123 Å². The zero-order valence-corrected chi connectivity index (χ0v) is 21.6. The second-order valence-electron chi connectivity index (χ2n) is 8.79. The van der Waals surface area contributed by atoms with E-state index in [9.17, 15) is 9.59 Å². The number of benzene rings is 4. The Bertz CT molecular complexity index is 1200. The highest BCUT2D eigenvalue weighted by molar-refractivity contribution is 5.95. The summed E-state index contributed by atoms with van der Waals surface area (Å²) in [6, 6.07) is 33.9. The summed E-state index contributed by atoms with van der Waals surface area (Å²) in [6.45, 7) is 3.84. The number of rotatable bonds is 11. The molecule has 4 rings (SSSR count). The van der Waals surface area contributed by atoms with Crippen LogP contribution in [0.5, 0.6) is 11.5 Å². The molecule has 0 aromatic heterocycles. The van der Waals surface area contributed by atoms with Crippen LogP contribution in [0.3, 0.4) is 0 Å². The highest BCUT2D eigenvalue weighted by Gasteiger charge is 2.19. The molecule has 0 aliphatic heterocycles. The van der Waals surface area contributed by atoms with Crippen molar-refractivity contribution in [3.05, 3.63) is 109 Å². The second kappa shape index (κ2) is 13.1. The third-order valence-corrected chi connectivity index (χ3v) is 6.01.